The van der Waals surface area contributed by atoms with Gasteiger partial charge in [0.2, 0.25) is 0 Å². The molecule has 0 spiro atoms. The van der Waals surface area contributed by atoms with Gasteiger partial charge in [0.1, 0.15) is 0 Å². The van der Waals surface area contributed by atoms with E-state index in [1.54, 1.807) is 0 Å². The molecule has 78 valence electrons. The lowest BCUT2D eigenvalue weighted by Crippen LogP contribution is -2.09. The van der Waals surface area contributed by atoms with Crippen LogP contribution in [-0.2, 0) is 0 Å². The summed E-state index contributed by atoms with van der Waals surface area (Å²) >= 11 is 0. The molecule has 0 aromatic heterocycles. The number of benzene rings is 1. The zero-order valence-electron chi connectivity index (χ0n) is 9.38. The molecule has 0 aliphatic carbocycles. The molecule has 0 aliphatic rings. The zero-order chi connectivity index (χ0) is 10.4. The van der Waals surface area contributed by atoms with Crippen molar-refractivity contribution in [2.75, 3.05) is 30.9 Å². The summed E-state index contributed by atoms with van der Waals surface area (Å²) in [5.74, 6) is 0. The molecule has 1 rings (SSSR count). The first-order valence-electron chi connectivity index (χ1n) is 5.25. The second-order valence-electron chi connectivity index (χ2n) is 3.73. The standard InChI is InChI=1S/C12H20N2/c1-4-5-9-13-11-7-6-8-12(10-11)14(2)3/h6-8,10,13H,4-5,9H2,1-3H3. The Morgan fingerprint density at radius 1 is 1.29 bits per heavy atom. The Hall–Kier alpha value is -1.18. The number of rotatable bonds is 5. The van der Waals surface area contributed by atoms with Gasteiger partial charge in [0.25, 0.3) is 0 Å². The molecule has 0 radical (unpaired) electrons. The minimum absolute atomic E-state index is 1.06. The highest BCUT2D eigenvalue weighted by molar-refractivity contribution is 5.57. The zero-order valence-corrected chi connectivity index (χ0v) is 9.38. The smallest absolute Gasteiger partial charge is 0.0381 e. The van der Waals surface area contributed by atoms with E-state index in [1.165, 1.54) is 24.2 Å². The Morgan fingerprint density at radius 2 is 2.07 bits per heavy atom. The predicted octanol–water partition coefficient (Wildman–Crippen LogP) is 2.96. The van der Waals surface area contributed by atoms with E-state index in [0.717, 1.165) is 6.54 Å². The van der Waals surface area contributed by atoms with E-state index in [0.29, 0.717) is 0 Å². The first-order valence-corrected chi connectivity index (χ1v) is 5.25. The highest BCUT2D eigenvalue weighted by Gasteiger charge is 1.96. The van der Waals surface area contributed by atoms with Crippen LogP contribution in [0.1, 0.15) is 19.8 Å². The summed E-state index contributed by atoms with van der Waals surface area (Å²) < 4.78 is 0. The van der Waals surface area contributed by atoms with Gasteiger partial charge in [0.05, 0.1) is 0 Å². The predicted molar refractivity (Wildman–Crippen MR) is 64.2 cm³/mol. The largest absolute Gasteiger partial charge is 0.385 e. The first-order chi connectivity index (χ1) is 6.74. The van der Waals surface area contributed by atoms with Crippen LogP contribution >= 0.6 is 0 Å². The molecule has 2 nitrogen and oxygen atoms in total. The lowest BCUT2D eigenvalue weighted by Gasteiger charge is -2.14. The van der Waals surface area contributed by atoms with Gasteiger partial charge in [0, 0.05) is 32.0 Å². The van der Waals surface area contributed by atoms with E-state index >= 15 is 0 Å². The second kappa shape index (κ2) is 5.53. The Labute approximate surface area is 86.9 Å². The molecule has 0 amide bonds. The van der Waals surface area contributed by atoms with Gasteiger partial charge in [-0.2, -0.15) is 0 Å². The molecule has 14 heavy (non-hydrogen) atoms. The number of hydrogen-bond donors (Lipinski definition) is 1. The quantitative estimate of drug-likeness (QED) is 0.721. The monoisotopic (exact) mass is 192 g/mol. The van der Waals surface area contributed by atoms with E-state index in [4.69, 9.17) is 0 Å². The molecule has 0 saturated carbocycles. The van der Waals surface area contributed by atoms with Gasteiger partial charge in [-0.1, -0.05) is 19.4 Å². The third-order valence-corrected chi connectivity index (χ3v) is 2.22. The Morgan fingerprint density at radius 3 is 2.71 bits per heavy atom. The van der Waals surface area contributed by atoms with Crippen molar-refractivity contribution in [1.29, 1.82) is 0 Å². The normalized spacial score (nSPS) is 9.93. The summed E-state index contributed by atoms with van der Waals surface area (Å²) in [6.45, 7) is 3.27. The lowest BCUT2D eigenvalue weighted by atomic mass is 10.2. The molecule has 0 fully saturated rings. The number of nitrogens with one attached hydrogen (secondary N) is 1. The van der Waals surface area contributed by atoms with Gasteiger partial charge in [-0.05, 0) is 24.6 Å². The number of anilines is 2. The summed E-state index contributed by atoms with van der Waals surface area (Å²) in [4.78, 5) is 2.12. The Kier molecular flexibility index (Phi) is 4.30. The molecular weight excluding hydrogens is 172 g/mol. The summed E-state index contributed by atoms with van der Waals surface area (Å²) in [5.41, 5.74) is 2.45. The van der Waals surface area contributed by atoms with Crippen LogP contribution in [0.2, 0.25) is 0 Å². The van der Waals surface area contributed by atoms with Crippen LogP contribution in [0.5, 0.6) is 0 Å². The van der Waals surface area contributed by atoms with Crippen LogP contribution in [0.15, 0.2) is 24.3 Å². The molecule has 1 aromatic rings. The SMILES string of the molecule is CCCCNc1cccc(N(C)C)c1. The van der Waals surface area contributed by atoms with Crippen LogP contribution in [0, 0.1) is 0 Å². The molecule has 2 heteroatoms. The van der Waals surface area contributed by atoms with E-state index in [1.807, 2.05) is 0 Å². The molecular formula is C12H20N2. The van der Waals surface area contributed by atoms with Gasteiger partial charge in [-0.15, -0.1) is 0 Å². The number of nitrogens with zero attached hydrogens (tertiary/aromatic N) is 1. The molecule has 0 heterocycles. The van der Waals surface area contributed by atoms with Gasteiger partial charge in [-0.25, -0.2) is 0 Å². The molecule has 1 N–H and O–H groups in total. The van der Waals surface area contributed by atoms with Crippen molar-refractivity contribution in [2.24, 2.45) is 0 Å². The summed E-state index contributed by atoms with van der Waals surface area (Å²) in [6, 6.07) is 8.49. The summed E-state index contributed by atoms with van der Waals surface area (Å²) in [6.07, 6.45) is 2.46. The van der Waals surface area contributed by atoms with Crippen molar-refractivity contribution >= 4 is 11.4 Å². The van der Waals surface area contributed by atoms with Crippen LogP contribution in [0.25, 0.3) is 0 Å². The highest BCUT2D eigenvalue weighted by atomic mass is 15.1. The average Bonchev–Trinajstić information content (AvgIpc) is 2.19. The average molecular weight is 192 g/mol. The molecule has 0 saturated heterocycles. The van der Waals surface area contributed by atoms with Gasteiger partial charge in [-0.3, -0.25) is 0 Å². The van der Waals surface area contributed by atoms with Crippen molar-refractivity contribution in [2.45, 2.75) is 19.8 Å². The van der Waals surface area contributed by atoms with Gasteiger partial charge < -0.3 is 10.2 Å². The van der Waals surface area contributed by atoms with Gasteiger partial charge >= 0.3 is 0 Å². The van der Waals surface area contributed by atoms with Crippen molar-refractivity contribution in [3.8, 4) is 0 Å². The second-order valence-corrected chi connectivity index (χ2v) is 3.73. The Balaban J connectivity index is 2.55. The molecule has 0 unspecified atom stereocenters. The summed E-state index contributed by atoms with van der Waals surface area (Å²) in [7, 11) is 4.12. The fourth-order valence-electron chi connectivity index (χ4n) is 1.30. The maximum Gasteiger partial charge on any atom is 0.0381 e. The van der Waals surface area contributed by atoms with Crippen LogP contribution in [0.3, 0.4) is 0 Å². The summed E-state index contributed by atoms with van der Waals surface area (Å²) in [5, 5.41) is 3.41. The maximum absolute atomic E-state index is 3.41. The molecule has 0 aliphatic heterocycles. The van der Waals surface area contributed by atoms with Crippen molar-refractivity contribution in [1.82, 2.24) is 0 Å². The molecule has 0 atom stereocenters. The number of unbranched alkanes of at least 4 members (excludes halogenated alkanes) is 1. The fraction of sp³-hybridized carbons (Fsp3) is 0.500. The van der Waals surface area contributed by atoms with E-state index < -0.39 is 0 Å². The number of hydrogen-bond acceptors (Lipinski definition) is 2. The van der Waals surface area contributed by atoms with Crippen LogP contribution < -0.4 is 10.2 Å². The van der Waals surface area contributed by atoms with Crippen molar-refractivity contribution in [3.63, 3.8) is 0 Å². The molecule has 0 bridgehead atoms. The van der Waals surface area contributed by atoms with E-state index in [-0.39, 0.29) is 0 Å². The third-order valence-electron chi connectivity index (χ3n) is 2.22. The van der Waals surface area contributed by atoms with Crippen molar-refractivity contribution in [3.05, 3.63) is 24.3 Å². The van der Waals surface area contributed by atoms with Crippen molar-refractivity contribution < 1.29 is 0 Å². The third kappa shape index (κ3) is 3.29. The maximum atomic E-state index is 3.41. The molecule has 1 aromatic carbocycles. The van der Waals surface area contributed by atoms with Crippen LogP contribution in [-0.4, -0.2) is 20.6 Å². The Bertz CT molecular complexity index is 269. The first kappa shape index (κ1) is 10.9. The minimum Gasteiger partial charge on any atom is -0.385 e. The minimum atomic E-state index is 1.06. The van der Waals surface area contributed by atoms with Crippen LogP contribution in [0.4, 0.5) is 11.4 Å². The van der Waals surface area contributed by atoms with Gasteiger partial charge in [0.15, 0.2) is 0 Å². The van der Waals surface area contributed by atoms with E-state index in [9.17, 15) is 0 Å². The highest BCUT2D eigenvalue weighted by Crippen LogP contribution is 2.17. The topological polar surface area (TPSA) is 15.3 Å². The fourth-order valence-corrected chi connectivity index (χ4v) is 1.30. The van der Waals surface area contributed by atoms with E-state index in [2.05, 4.69) is 55.5 Å². The lowest BCUT2D eigenvalue weighted by molar-refractivity contribution is 0.834.